The predicted molar refractivity (Wildman–Crippen MR) is 99.6 cm³/mol. The number of guanidine groups is 1. The maximum atomic E-state index is 5.95. The lowest BCUT2D eigenvalue weighted by atomic mass is 10.3. The van der Waals surface area contributed by atoms with Crippen LogP contribution in [-0.4, -0.2) is 47.5 Å². The summed E-state index contributed by atoms with van der Waals surface area (Å²) in [5.74, 6) is 4.17. The molecule has 8 nitrogen and oxygen atoms in total. The Morgan fingerprint density at radius 3 is 2.85 bits per heavy atom. The Balaban J connectivity index is 1.47. The van der Waals surface area contributed by atoms with E-state index >= 15 is 0 Å². The van der Waals surface area contributed by atoms with Gasteiger partial charge in [-0.3, -0.25) is 4.99 Å². The van der Waals surface area contributed by atoms with Crippen LogP contribution < -0.4 is 20.1 Å². The molecule has 0 aliphatic carbocycles. The van der Waals surface area contributed by atoms with E-state index in [0.717, 1.165) is 42.5 Å². The molecule has 2 heterocycles. The van der Waals surface area contributed by atoms with Gasteiger partial charge >= 0.3 is 0 Å². The Morgan fingerprint density at radius 2 is 2.08 bits per heavy atom. The van der Waals surface area contributed by atoms with E-state index in [2.05, 4.69) is 30.4 Å². The van der Waals surface area contributed by atoms with Crippen molar-refractivity contribution in [2.45, 2.75) is 39.0 Å². The summed E-state index contributed by atoms with van der Waals surface area (Å²) >= 11 is 0. The van der Waals surface area contributed by atoms with Crippen LogP contribution in [-0.2, 0) is 19.5 Å². The second kappa shape index (κ2) is 8.55. The van der Waals surface area contributed by atoms with Crippen molar-refractivity contribution >= 4 is 5.96 Å². The van der Waals surface area contributed by atoms with Gasteiger partial charge in [0.25, 0.3) is 0 Å². The molecule has 0 spiro atoms. The smallest absolute Gasteiger partial charge is 0.191 e. The monoisotopic (exact) mass is 358 g/mol. The van der Waals surface area contributed by atoms with Crippen LogP contribution in [0.2, 0.25) is 0 Å². The molecule has 3 rings (SSSR count). The van der Waals surface area contributed by atoms with Gasteiger partial charge < -0.3 is 24.7 Å². The van der Waals surface area contributed by atoms with Crippen molar-refractivity contribution in [3.8, 4) is 11.5 Å². The quantitative estimate of drug-likeness (QED) is 0.574. The van der Waals surface area contributed by atoms with Crippen molar-refractivity contribution in [2.75, 3.05) is 20.7 Å². The molecule has 0 fully saturated rings. The fourth-order valence-electron chi connectivity index (χ4n) is 2.94. The molecule has 1 atom stereocenters. The molecule has 1 unspecified atom stereocenters. The van der Waals surface area contributed by atoms with Crippen LogP contribution >= 0.6 is 0 Å². The van der Waals surface area contributed by atoms with Gasteiger partial charge in [-0.2, -0.15) is 0 Å². The van der Waals surface area contributed by atoms with Gasteiger partial charge in [0.1, 0.15) is 11.9 Å². The van der Waals surface area contributed by atoms with Crippen molar-refractivity contribution < 1.29 is 9.47 Å². The number of para-hydroxylation sites is 2. The number of aromatic nitrogens is 3. The number of aryl methyl sites for hydroxylation is 1. The van der Waals surface area contributed by atoms with Crippen LogP contribution in [0, 0.1) is 0 Å². The zero-order valence-corrected chi connectivity index (χ0v) is 15.5. The molecule has 2 aromatic rings. The van der Waals surface area contributed by atoms with Gasteiger partial charge in [-0.25, -0.2) is 0 Å². The largest absolute Gasteiger partial charge is 0.493 e. The first-order valence-corrected chi connectivity index (χ1v) is 8.86. The van der Waals surface area contributed by atoms with Crippen molar-refractivity contribution in [3.05, 3.63) is 35.9 Å². The lowest BCUT2D eigenvalue weighted by Crippen LogP contribution is -2.41. The molecular formula is C18H26N6O2. The van der Waals surface area contributed by atoms with E-state index in [1.165, 1.54) is 0 Å². The second-order valence-corrected chi connectivity index (χ2v) is 6.17. The second-order valence-electron chi connectivity index (χ2n) is 6.17. The summed E-state index contributed by atoms with van der Waals surface area (Å²) in [6, 6.07) is 7.62. The summed E-state index contributed by atoms with van der Waals surface area (Å²) in [7, 11) is 3.38. The minimum absolute atomic E-state index is 0.0535. The highest BCUT2D eigenvalue weighted by Crippen LogP contribution is 2.26. The predicted octanol–water partition coefficient (Wildman–Crippen LogP) is 1.37. The summed E-state index contributed by atoms with van der Waals surface area (Å²) in [4.78, 5) is 4.25. The first kappa shape index (κ1) is 18.0. The number of nitrogens with one attached hydrogen (secondary N) is 2. The molecule has 0 saturated carbocycles. The molecule has 140 valence electrons. The molecule has 0 saturated heterocycles. The van der Waals surface area contributed by atoms with Crippen molar-refractivity contribution in [1.29, 1.82) is 0 Å². The Kier molecular flexibility index (Phi) is 5.93. The third-order valence-corrected chi connectivity index (χ3v) is 4.28. The van der Waals surface area contributed by atoms with Gasteiger partial charge in [-0.05, 0) is 25.5 Å². The fourth-order valence-corrected chi connectivity index (χ4v) is 2.94. The maximum absolute atomic E-state index is 5.95. The van der Waals surface area contributed by atoms with Gasteiger partial charge in [0, 0.05) is 20.0 Å². The summed E-state index contributed by atoms with van der Waals surface area (Å²) in [5.41, 5.74) is 0. The van der Waals surface area contributed by atoms with Crippen LogP contribution in [0.5, 0.6) is 11.5 Å². The summed E-state index contributed by atoms with van der Waals surface area (Å²) in [6.45, 7) is 4.19. The molecule has 8 heteroatoms. The van der Waals surface area contributed by atoms with E-state index in [9.17, 15) is 0 Å². The normalized spacial score (nSPS) is 14.7. The highest BCUT2D eigenvalue weighted by Gasteiger charge is 2.17. The number of methoxy groups -OCH3 is 1. The molecule has 1 aliphatic heterocycles. The Morgan fingerprint density at radius 1 is 1.27 bits per heavy atom. The van der Waals surface area contributed by atoms with Gasteiger partial charge in [0.15, 0.2) is 23.3 Å². The maximum Gasteiger partial charge on any atom is 0.191 e. The molecular weight excluding hydrogens is 332 g/mol. The van der Waals surface area contributed by atoms with Gasteiger partial charge in [0.05, 0.1) is 20.2 Å². The highest BCUT2D eigenvalue weighted by atomic mass is 16.5. The molecule has 0 bridgehead atoms. The number of hydrogen-bond donors (Lipinski definition) is 2. The van der Waals surface area contributed by atoms with E-state index < -0.39 is 0 Å². The van der Waals surface area contributed by atoms with E-state index in [4.69, 9.17) is 9.47 Å². The Bertz CT molecular complexity index is 758. The first-order chi connectivity index (χ1) is 12.7. The number of rotatable bonds is 7. The molecule has 0 radical (unpaired) electrons. The SMILES string of the molecule is CN=C(NCc1nnc2n1CCC2)NCC(C)Oc1ccccc1OC. The first-order valence-electron chi connectivity index (χ1n) is 8.86. The van der Waals surface area contributed by atoms with Gasteiger partial charge in [-0.1, -0.05) is 12.1 Å². The molecule has 1 aromatic heterocycles. The number of benzene rings is 1. The highest BCUT2D eigenvalue weighted by molar-refractivity contribution is 5.79. The summed E-state index contributed by atoms with van der Waals surface area (Å²) < 4.78 is 13.4. The molecule has 1 aromatic carbocycles. The Hall–Kier alpha value is -2.77. The fraction of sp³-hybridized carbons (Fsp3) is 0.500. The van der Waals surface area contributed by atoms with Gasteiger partial charge in [-0.15, -0.1) is 10.2 Å². The molecule has 2 N–H and O–H groups in total. The van der Waals surface area contributed by atoms with Crippen LogP contribution in [0.1, 0.15) is 25.0 Å². The third kappa shape index (κ3) is 4.25. The number of fused-ring (bicyclic) bond motifs is 1. The van der Waals surface area contributed by atoms with Crippen LogP contribution in [0.4, 0.5) is 0 Å². The van der Waals surface area contributed by atoms with E-state index in [1.807, 2.05) is 31.2 Å². The molecule has 1 aliphatic rings. The van der Waals surface area contributed by atoms with Crippen molar-refractivity contribution in [1.82, 2.24) is 25.4 Å². The zero-order valence-electron chi connectivity index (χ0n) is 15.5. The number of ether oxygens (including phenoxy) is 2. The summed E-state index contributed by atoms with van der Waals surface area (Å²) in [5, 5.41) is 15.0. The van der Waals surface area contributed by atoms with E-state index in [1.54, 1.807) is 14.2 Å². The standard InChI is InChI=1S/C18H26N6O2/c1-13(26-15-8-5-4-7-14(15)25-3)11-20-18(19-2)21-12-17-23-22-16-9-6-10-24(16)17/h4-5,7-8,13H,6,9-12H2,1-3H3,(H2,19,20,21). The number of hydrogen-bond acceptors (Lipinski definition) is 5. The number of nitrogens with zero attached hydrogens (tertiary/aromatic N) is 4. The third-order valence-electron chi connectivity index (χ3n) is 4.28. The lowest BCUT2D eigenvalue weighted by Gasteiger charge is -2.19. The van der Waals surface area contributed by atoms with Crippen molar-refractivity contribution in [3.63, 3.8) is 0 Å². The topological polar surface area (TPSA) is 85.6 Å². The minimum atomic E-state index is -0.0535. The van der Waals surface area contributed by atoms with Crippen LogP contribution in [0.3, 0.4) is 0 Å². The zero-order chi connectivity index (χ0) is 18.4. The Labute approximate surface area is 153 Å². The van der Waals surface area contributed by atoms with Gasteiger partial charge in [0.2, 0.25) is 0 Å². The molecule has 0 amide bonds. The average Bonchev–Trinajstić information content (AvgIpc) is 3.26. The van der Waals surface area contributed by atoms with E-state index in [0.29, 0.717) is 19.0 Å². The van der Waals surface area contributed by atoms with E-state index in [-0.39, 0.29) is 6.10 Å². The molecule has 26 heavy (non-hydrogen) atoms. The average molecular weight is 358 g/mol. The lowest BCUT2D eigenvalue weighted by molar-refractivity contribution is 0.213. The van der Waals surface area contributed by atoms with Crippen LogP contribution in [0.25, 0.3) is 0 Å². The number of aliphatic imine (C=N–C) groups is 1. The summed E-state index contributed by atoms with van der Waals surface area (Å²) in [6.07, 6.45) is 2.10. The van der Waals surface area contributed by atoms with Crippen molar-refractivity contribution in [2.24, 2.45) is 4.99 Å². The van der Waals surface area contributed by atoms with Crippen LogP contribution in [0.15, 0.2) is 29.3 Å². The minimum Gasteiger partial charge on any atom is -0.493 e.